The normalized spacial score (nSPS) is 11.0. The van der Waals surface area contributed by atoms with Crippen LogP contribution in [-0.4, -0.2) is 11.1 Å². The maximum absolute atomic E-state index is 12.6. The molecule has 0 unspecified atom stereocenters. The van der Waals surface area contributed by atoms with Gasteiger partial charge in [-0.15, -0.1) is 0 Å². The molecule has 1 amide bonds. The van der Waals surface area contributed by atoms with Crippen molar-refractivity contribution < 1.29 is 9.32 Å². The van der Waals surface area contributed by atoms with Crippen LogP contribution in [0.1, 0.15) is 59.6 Å². The summed E-state index contributed by atoms with van der Waals surface area (Å²) in [6, 6.07) is 6.07. The van der Waals surface area contributed by atoms with Crippen LogP contribution in [0, 0.1) is 13.8 Å². The van der Waals surface area contributed by atoms with Gasteiger partial charge in [0.2, 0.25) is 0 Å². The number of amides is 1. The van der Waals surface area contributed by atoms with Crippen molar-refractivity contribution in [3.8, 4) is 0 Å². The first-order valence-electron chi connectivity index (χ1n) is 7.31. The number of anilines is 1. The highest BCUT2D eigenvalue weighted by Crippen LogP contribution is 2.28. The first-order valence-corrected chi connectivity index (χ1v) is 7.31. The largest absolute Gasteiger partial charge is 0.361 e. The van der Waals surface area contributed by atoms with Crippen LogP contribution >= 0.6 is 0 Å². The van der Waals surface area contributed by atoms with Crippen LogP contribution in [0.3, 0.4) is 0 Å². The van der Waals surface area contributed by atoms with Gasteiger partial charge in [0.15, 0.2) is 0 Å². The van der Waals surface area contributed by atoms with E-state index in [1.54, 1.807) is 6.92 Å². The number of hydrogen-bond donors (Lipinski definition) is 1. The van der Waals surface area contributed by atoms with Gasteiger partial charge in [0.05, 0.1) is 5.69 Å². The second-order valence-electron chi connectivity index (χ2n) is 5.56. The maximum atomic E-state index is 12.6. The Kier molecular flexibility index (Phi) is 4.46. The number of para-hydroxylation sites is 1. The standard InChI is InChI=1S/C17H22N2O2/c1-6-14-15(12(5)21-19-14)17(20)18-16-11(4)8-7-9-13(16)10(2)3/h7-10H,6H2,1-5H3,(H,18,20). The lowest BCUT2D eigenvalue weighted by atomic mass is 9.98. The number of carbonyl (C=O) groups excluding carboxylic acids is 1. The molecule has 21 heavy (non-hydrogen) atoms. The van der Waals surface area contributed by atoms with Crippen molar-refractivity contribution in [2.24, 2.45) is 0 Å². The van der Waals surface area contributed by atoms with Crippen LogP contribution in [0.15, 0.2) is 22.7 Å². The number of nitrogens with zero attached hydrogens (tertiary/aromatic N) is 1. The fourth-order valence-electron chi connectivity index (χ4n) is 2.47. The molecule has 0 spiro atoms. The van der Waals surface area contributed by atoms with Gasteiger partial charge in [-0.3, -0.25) is 4.79 Å². The third-order valence-corrected chi connectivity index (χ3v) is 3.66. The summed E-state index contributed by atoms with van der Waals surface area (Å²) in [6.07, 6.45) is 0.672. The first-order chi connectivity index (χ1) is 9.95. The van der Waals surface area contributed by atoms with Crippen molar-refractivity contribution in [3.63, 3.8) is 0 Å². The average Bonchev–Trinajstić information content (AvgIpc) is 2.81. The van der Waals surface area contributed by atoms with E-state index < -0.39 is 0 Å². The van der Waals surface area contributed by atoms with Crippen LogP contribution in [0.2, 0.25) is 0 Å². The summed E-state index contributed by atoms with van der Waals surface area (Å²) in [6.45, 7) is 9.96. The number of aromatic nitrogens is 1. The molecule has 1 aromatic heterocycles. The summed E-state index contributed by atoms with van der Waals surface area (Å²) in [5.74, 6) is 0.750. The summed E-state index contributed by atoms with van der Waals surface area (Å²) < 4.78 is 5.14. The Morgan fingerprint density at radius 2 is 2.05 bits per heavy atom. The molecule has 0 aliphatic carbocycles. The second kappa shape index (κ2) is 6.12. The Morgan fingerprint density at radius 1 is 1.33 bits per heavy atom. The Balaban J connectivity index is 2.38. The molecule has 1 heterocycles. The summed E-state index contributed by atoms with van der Waals surface area (Å²) in [4.78, 5) is 12.6. The van der Waals surface area contributed by atoms with Crippen molar-refractivity contribution in [2.45, 2.75) is 47.0 Å². The van der Waals surface area contributed by atoms with Crippen molar-refractivity contribution >= 4 is 11.6 Å². The summed E-state index contributed by atoms with van der Waals surface area (Å²) in [5.41, 5.74) is 4.33. The second-order valence-corrected chi connectivity index (χ2v) is 5.56. The van der Waals surface area contributed by atoms with Gasteiger partial charge in [-0.1, -0.05) is 44.1 Å². The van der Waals surface area contributed by atoms with Gasteiger partial charge >= 0.3 is 0 Å². The van der Waals surface area contributed by atoms with Gasteiger partial charge in [0.1, 0.15) is 11.3 Å². The highest BCUT2D eigenvalue weighted by Gasteiger charge is 2.21. The molecule has 4 nitrogen and oxygen atoms in total. The molecule has 1 aromatic carbocycles. The predicted molar refractivity (Wildman–Crippen MR) is 83.8 cm³/mol. The molecule has 0 aliphatic heterocycles. The Hall–Kier alpha value is -2.10. The lowest BCUT2D eigenvalue weighted by Gasteiger charge is -2.16. The number of nitrogens with one attached hydrogen (secondary N) is 1. The van der Waals surface area contributed by atoms with Gasteiger partial charge in [-0.05, 0) is 37.3 Å². The Labute approximate surface area is 125 Å². The molecule has 0 fully saturated rings. The fourth-order valence-corrected chi connectivity index (χ4v) is 2.47. The highest BCUT2D eigenvalue weighted by atomic mass is 16.5. The van der Waals surface area contributed by atoms with E-state index in [2.05, 4.69) is 30.4 Å². The fraction of sp³-hybridized carbons (Fsp3) is 0.412. The average molecular weight is 286 g/mol. The minimum Gasteiger partial charge on any atom is -0.361 e. The number of hydrogen-bond acceptors (Lipinski definition) is 3. The quantitative estimate of drug-likeness (QED) is 0.915. The molecule has 1 N–H and O–H groups in total. The summed E-state index contributed by atoms with van der Waals surface area (Å²) in [5, 5.41) is 6.98. The third-order valence-electron chi connectivity index (χ3n) is 3.66. The van der Waals surface area contributed by atoms with Gasteiger partial charge in [0, 0.05) is 5.69 Å². The van der Waals surface area contributed by atoms with Crippen molar-refractivity contribution in [2.75, 3.05) is 5.32 Å². The smallest absolute Gasteiger partial charge is 0.261 e. The van der Waals surface area contributed by atoms with Crippen LogP contribution in [0.4, 0.5) is 5.69 Å². The number of carbonyl (C=O) groups is 1. The van der Waals surface area contributed by atoms with Gasteiger partial charge in [-0.2, -0.15) is 0 Å². The molecular formula is C17H22N2O2. The van der Waals surface area contributed by atoms with Gasteiger partial charge in [0.25, 0.3) is 5.91 Å². The van der Waals surface area contributed by atoms with Crippen LogP contribution in [0.5, 0.6) is 0 Å². The molecule has 0 atom stereocenters. The zero-order chi connectivity index (χ0) is 15.6. The zero-order valence-electron chi connectivity index (χ0n) is 13.3. The molecule has 0 radical (unpaired) electrons. The molecule has 0 bridgehead atoms. The number of rotatable bonds is 4. The summed E-state index contributed by atoms with van der Waals surface area (Å²) in [7, 11) is 0. The van der Waals surface area contributed by atoms with E-state index in [1.807, 2.05) is 26.0 Å². The number of benzene rings is 1. The molecule has 0 aliphatic rings. The molecule has 0 saturated heterocycles. The van der Waals surface area contributed by atoms with E-state index in [1.165, 1.54) is 0 Å². The van der Waals surface area contributed by atoms with E-state index >= 15 is 0 Å². The van der Waals surface area contributed by atoms with Crippen molar-refractivity contribution in [3.05, 3.63) is 46.3 Å². The third kappa shape index (κ3) is 2.99. The van der Waals surface area contributed by atoms with Gasteiger partial charge in [-0.25, -0.2) is 0 Å². The van der Waals surface area contributed by atoms with E-state index in [0.717, 1.165) is 16.8 Å². The SMILES string of the molecule is CCc1noc(C)c1C(=O)Nc1c(C)cccc1C(C)C. The van der Waals surface area contributed by atoms with E-state index in [9.17, 15) is 4.79 Å². The lowest BCUT2D eigenvalue weighted by Crippen LogP contribution is -2.16. The van der Waals surface area contributed by atoms with Crippen LogP contribution in [0.25, 0.3) is 0 Å². The summed E-state index contributed by atoms with van der Waals surface area (Å²) >= 11 is 0. The van der Waals surface area contributed by atoms with Gasteiger partial charge < -0.3 is 9.84 Å². The monoisotopic (exact) mass is 286 g/mol. The Bertz CT molecular complexity index is 657. The molecule has 2 rings (SSSR count). The highest BCUT2D eigenvalue weighted by molar-refractivity contribution is 6.06. The van der Waals surface area contributed by atoms with E-state index in [4.69, 9.17) is 4.52 Å². The first kappa shape index (κ1) is 15.3. The molecular weight excluding hydrogens is 264 g/mol. The van der Waals surface area contributed by atoms with Crippen molar-refractivity contribution in [1.29, 1.82) is 0 Å². The number of aryl methyl sites for hydroxylation is 3. The maximum Gasteiger partial charge on any atom is 0.261 e. The molecule has 4 heteroatoms. The molecule has 0 saturated carbocycles. The minimum absolute atomic E-state index is 0.151. The predicted octanol–water partition coefficient (Wildman–Crippen LogP) is 4.23. The molecule has 112 valence electrons. The van der Waals surface area contributed by atoms with E-state index in [-0.39, 0.29) is 5.91 Å². The van der Waals surface area contributed by atoms with Crippen LogP contribution < -0.4 is 5.32 Å². The van der Waals surface area contributed by atoms with E-state index in [0.29, 0.717) is 29.4 Å². The minimum atomic E-state index is -0.151. The molecule has 2 aromatic rings. The topological polar surface area (TPSA) is 55.1 Å². The zero-order valence-corrected chi connectivity index (χ0v) is 13.3. The Morgan fingerprint density at radius 3 is 2.67 bits per heavy atom. The van der Waals surface area contributed by atoms with Crippen molar-refractivity contribution in [1.82, 2.24) is 5.16 Å². The lowest BCUT2D eigenvalue weighted by molar-refractivity contribution is 0.102. The van der Waals surface area contributed by atoms with Crippen LogP contribution in [-0.2, 0) is 6.42 Å².